The van der Waals surface area contributed by atoms with Crippen LogP contribution in [0.2, 0.25) is 0 Å². The van der Waals surface area contributed by atoms with E-state index in [1.165, 1.54) is 11.1 Å². The highest BCUT2D eigenvalue weighted by molar-refractivity contribution is 9.11. The van der Waals surface area contributed by atoms with Crippen LogP contribution in [0.1, 0.15) is 27.7 Å². The smallest absolute Gasteiger partial charge is 0.125 e. The average Bonchev–Trinajstić information content (AvgIpc) is 2.97. The molecule has 0 aliphatic carbocycles. The minimum atomic E-state index is -0.493. The zero-order valence-electron chi connectivity index (χ0n) is 11.0. The van der Waals surface area contributed by atoms with Gasteiger partial charge in [0.15, 0.2) is 0 Å². The molecule has 3 rings (SSSR count). The second kappa shape index (κ2) is 5.79. The van der Waals surface area contributed by atoms with Gasteiger partial charge in [0.05, 0.1) is 16.5 Å². The van der Waals surface area contributed by atoms with Crippen molar-refractivity contribution in [2.75, 3.05) is 6.61 Å². The molecule has 1 atom stereocenters. The van der Waals surface area contributed by atoms with Crippen LogP contribution in [0.5, 0.6) is 5.75 Å². The summed E-state index contributed by atoms with van der Waals surface area (Å²) < 4.78 is 7.85. The molecule has 0 spiro atoms. The van der Waals surface area contributed by atoms with E-state index in [2.05, 4.69) is 37.9 Å². The molecule has 1 unspecified atom stereocenters. The van der Waals surface area contributed by atoms with Crippen molar-refractivity contribution >= 4 is 43.2 Å². The molecule has 20 heavy (non-hydrogen) atoms. The van der Waals surface area contributed by atoms with Crippen molar-refractivity contribution < 1.29 is 9.84 Å². The summed E-state index contributed by atoms with van der Waals surface area (Å²) in [4.78, 5) is 0.987. The lowest BCUT2D eigenvalue weighted by Crippen LogP contribution is -2.01. The summed E-state index contributed by atoms with van der Waals surface area (Å²) in [6, 6.07) is 6.19. The summed E-state index contributed by atoms with van der Waals surface area (Å²) in [5.74, 6) is 0.958. The van der Waals surface area contributed by atoms with Gasteiger partial charge in [-0.3, -0.25) is 0 Å². The molecule has 0 saturated heterocycles. The van der Waals surface area contributed by atoms with Crippen molar-refractivity contribution in [2.24, 2.45) is 0 Å². The maximum absolute atomic E-state index is 10.5. The number of hydrogen-bond donors (Lipinski definition) is 1. The van der Waals surface area contributed by atoms with Gasteiger partial charge in [-0.2, -0.15) is 0 Å². The molecule has 1 aliphatic rings. The molecule has 106 valence electrons. The van der Waals surface area contributed by atoms with E-state index < -0.39 is 6.10 Å². The standard InChI is InChI=1S/C15H14Br2O2S/c1-8-4-13(20-15(8)17)12(18)7-10-6-11(16)5-9-2-3-19-14(9)10/h4-6,12,18H,2-3,7H2,1H3. The van der Waals surface area contributed by atoms with Gasteiger partial charge in [0.25, 0.3) is 0 Å². The summed E-state index contributed by atoms with van der Waals surface area (Å²) in [5, 5.41) is 10.5. The number of thiophene rings is 1. The highest BCUT2D eigenvalue weighted by atomic mass is 79.9. The van der Waals surface area contributed by atoms with Gasteiger partial charge in [-0.15, -0.1) is 11.3 Å². The molecule has 0 fully saturated rings. The van der Waals surface area contributed by atoms with Gasteiger partial charge in [0.1, 0.15) is 5.75 Å². The molecular weight excluding hydrogens is 404 g/mol. The van der Waals surface area contributed by atoms with E-state index in [9.17, 15) is 5.11 Å². The average molecular weight is 418 g/mol. The van der Waals surface area contributed by atoms with Crippen molar-refractivity contribution in [3.8, 4) is 5.75 Å². The van der Waals surface area contributed by atoms with Gasteiger partial charge in [-0.05, 0) is 57.7 Å². The maximum Gasteiger partial charge on any atom is 0.125 e. The molecule has 1 N–H and O–H groups in total. The van der Waals surface area contributed by atoms with Gasteiger partial charge < -0.3 is 9.84 Å². The van der Waals surface area contributed by atoms with Crippen molar-refractivity contribution in [2.45, 2.75) is 25.9 Å². The maximum atomic E-state index is 10.5. The fraction of sp³-hybridized carbons (Fsp3) is 0.333. The number of aliphatic hydroxyl groups is 1. The third kappa shape index (κ3) is 2.82. The van der Waals surface area contributed by atoms with E-state index in [1.54, 1.807) is 11.3 Å². The van der Waals surface area contributed by atoms with E-state index in [-0.39, 0.29) is 0 Å². The normalized spacial score (nSPS) is 15.0. The third-order valence-corrected chi connectivity index (χ3v) is 6.14. The Balaban J connectivity index is 1.88. The SMILES string of the molecule is Cc1cc(C(O)Cc2cc(Br)cc3c2OCC3)sc1Br. The zero-order chi connectivity index (χ0) is 14.3. The Bertz CT molecular complexity index is 632. The molecule has 0 bridgehead atoms. The first-order valence-corrected chi connectivity index (χ1v) is 8.83. The van der Waals surface area contributed by atoms with Gasteiger partial charge >= 0.3 is 0 Å². The molecule has 0 radical (unpaired) electrons. The highest BCUT2D eigenvalue weighted by Crippen LogP contribution is 2.37. The Kier molecular flexibility index (Phi) is 4.22. The summed E-state index contributed by atoms with van der Waals surface area (Å²) in [6.07, 6.45) is 1.03. The van der Waals surface area contributed by atoms with E-state index in [1.807, 2.05) is 19.1 Å². The Morgan fingerprint density at radius 3 is 2.85 bits per heavy atom. The molecular formula is C15H14Br2O2S. The van der Waals surface area contributed by atoms with Crippen LogP contribution in [0.4, 0.5) is 0 Å². The van der Waals surface area contributed by atoms with Crippen molar-refractivity contribution in [1.82, 2.24) is 0 Å². The predicted molar refractivity (Wildman–Crippen MR) is 88.8 cm³/mol. The molecule has 5 heteroatoms. The first kappa shape index (κ1) is 14.6. The van der Waals surface area contributed by atoms with Crippen LogP contribution in [-0.4, -0.2) is 11.7 Å². The fourth-order valence-corrected chi connectivity index (χ4v) is 4.56. The molecule has 0 saturated carbocycles. The Morgan fingerprint density at radius 2 is 2.15 bits per heavy atom. The lowest BCUT2D eigenvalue weighted by atomic mass is 10.0. The second-order valence-electron chi connectivity index (χ2n) is 4.98. The van der Waals surface area contributed by atoms with E-state index in [0.717, 1.165) is 37.5 Å². The number of fused-ring (bicyclic) bond motifs is 1. The minimum absolute atomic E-state index is 0.493. The minimum Gasteiger partial charge on any atom is -0.493 e. The van der Waals surface area contributed by atoms with Crippen molar-refractivity contribution in [1.29, 1.82) is 0 Å². The van der Waals surface area contributed by atoms with Crippen molar-refractivity contribution in [3.63, 3.8) is 0 Å². The molecule has 1 aromatic heterocycles. The number of hydrogen-bond acceptors (Lipinski definition) is 3. The number of aryl methyl sites for hydroxylation is 1. The topological polar surface area (TPSA) is 29.5 Å². The highest BCUT2D eigenvalue weighted by Gasteiger charge is 2.21. The van der Waals surface area contributed by atoms with Crippen LogP contribution in [0.25, 0.3) is 0 Å². The predicted octanol–water partition coefficient (Wildman–Crippen LogP) is 4.79. The van der Waals surface area contributed by atoms with Crippen LogP contribution in [0.15, 0.2) is 26.5 Å². The van der Waals surface area contributed by atoms with Gasteiger partial charge in [-0.1, -0.05) is 15.9 Å². The lowest BCUT2D eigenvalue weighted by molar-refractivity contribution is 0.181. The Morgan fingerprint density at radius 1 is 1.35 bits per heavy atom. The number of ether oxygens (including phenoxy) is 1. The van der Waals surface area contributed by atoms with Crippen molar-refractivity contribution in [3.05, 3.63) is 48.0 Å². The number of benzene rings is 1. The van der Waals surface area contributed by atoms with Crippen LogP contribution >= 0.6 is 43.2 Å². The quantitative estimate of drug-likeness (QED) is 0.777. The van der Waals surface area contributed by atoms with Crippen LogP contribution < -0.4 is 4.74 Å². The summed E-state index contributed by atoms with van der Waals surface area (Å²) >= 11 is 8.64. The summed E-state index contributed by atoms with van der Waals surface area (Å²) in [6.45, 7) is 2.77. The van der Waals surface area contributed by atoms with Crippen LogP contribution in [0.3, 0.4) is 0 Å². The van der Waals surface area contributed by atoms with E-state index in [4.69, 9.17) is 4.74 Å². The number of rotatable bonds is 3. The zero-order valence-corrected chi connectivity index (χ0v) is 14.9. The number of halogens is 2. The third-order valence-electron chi connectivity index (χ3n) is 3.44. The summed E-state index contributed by atoms with van der Waals surface area (Å²) in [7, 11) is 0. The van der Waals surface area contributed by atoms with Gasteiger partial charge in [0, 0.05) is 22.2 Å². The Labute approximate surface area is 139 Å². The molecule has 2 heterocycles. The van der Waals surface area contributed by atoms with Crippen LogP contribution in [-0.2, 0) is 12.8 Å². The number of aliphatic hydroxyl groups excluding tert-OH is 1. The molecule has 2 nitrogen and oxygen atoms in total. The van der Waals surface area contributed by atoms with E-state index in [0.29, 0.717) is 6.42 Å². The van der Waals surface area contributed by atoms with E-state index >= 15 is 0 Å². The largest absolute Gasteiger partial charge is 0.493 e. The molecule has 2 aromatic rings. The fourth-order valence-electron chi connectivity index (χ4n) is 2.45. The second-order valence-corrected chi connectivity index (χ2v) is 8.29. The first-order chi connectivity index (χ1) is 9.54. The molecule has 0 amide bonds. The first-order valence-electron chi connectivity index (χ1n) is 6.42. The van der Waals surface area contributed by atoms with Gasteiger partial charge in [0.2, 0.25) is 0 Å². The van der Waals surface area contributed by atoms with Crippen LogP contribution in [0, 0.1) is 6.92 Å². The Hall–Kier alpha value is -0.360. The van der Waals surface area contributed by atoms with Gasteiger partial charge in [-0.25, -0.2) is 0 Å². The molecule has 1 aromatic carbocycles. The lowest BCUT2D eigenvalue weighted by Gasteiger charge is -2.12. The molecule has 1 aliphatic heterocycles. The monoisotopic (exact) mass is 416 g/mol. The summed E-state index contributed by atoms with van der Waals surface area (Å²) in [5.41, 5.74) is 3.46.